The first-order valence-electron chi connectivity index (χ1n) is 10.1. The van der Waals surface area contributed by atoms with Crippen LogP contribution in [0.25, 0.3) is 0 Å². The van der Waals surface area contributed by atoms with Gasteiger partial charge in [0.1, 0.15) is 18.1 Å². The fraction of sp³-hybridized carbons (Fsp3) is 0.200. The van der Waals surface area contributed by atoms with E-state index in [-0.39, 0.29) is 12.5 Å². The number of hydrazone groups is 1. The van der Waals surface area contributed by atoms with Crippen LogP contribution in [-0.4, -0.2) is 23.4 Å². The lowest BCUT2D eigenvalue weighted by Crippen LogP contribution is -2.25. The molecule has 1 heterocycles. The SMILES string of the molecule is CC(=O)N1N=C(COc2ccccc2C)OC1c1ccc(OCc2ccccc2)cc1. The Labute approximate surface area is 181 Å². The average Bonchev–Trinajstić information content (AvgIpc) is 3.23. The Morgan fingerprint density at radius 2 is 1.65 bits per heavy atom. The number of hydrogen-bond donors (Lipinski definition) is 0. The molecular formula is C25H24N2O4. The van der Waals surface area contributed by atoms with Crippen LogP contribution in [0.15, 0.2) is 84.0 Å². The molecule has 0 fully saturated rings. The van der Waals surface area contributed by atoms with E-state index in [0.29, 0.717) is 12.5 Å². The largest absolute Gasteiger partial charge is 0.489 e. The van der Waals surface area contributed by atoms with Crippen molar-refractivity contribution in [1.82, 2.24) is 5.01 Å². The molecule has 0 N–H and O–H groups in total. The quantitative estimate of drug-likeness (QED) is 0.553. The van der Waals surface area contributed by atoms with Crippen LogP contribution in [0, 0.1) is 6.92 Å². The van der Waals surface area contributed by atoms with E-state index in [1.807, 2.05) is 85.8 Å². The second kappa shape index (κ2) is 9.34. The van der Waals surface area contributed by atoms with E-state index in [2.05, 4.69) is 5.10 Å². The standard InChI is InChI=1S/C25H24N2O4/c1-18-8-6-7-11-23(18)30-17-24-26-27(19(2)28)25(31-24)21-12-14-22(15-13-21)29-16-20-9-4-3-5-10-20/h3-15,25H,16-17H2,1-2H3. The summed E-state index contributed by atoms with van der Waals surface area (Å²) in [4.78, 5) is 12.1. The van der Waals surface area contributed by atoms with Gasteiger partial charge in [-0.2, -0.15) is 5.01 Å². The molecule has 0 spiro atoms. The molecule has 6 nitrogen and oxygen atoms in total. The number of nitrogens with zero attached hydrogens (tertiary/aromatic N) is 2. The van der Waals surface area contributed by atoms with Crippen molar-refractivity contribution in [2.24, 2.45) is 5.10 Å². The van der Waals surface area contributed by atoms with Crippen molar-refractivity contribution < 1.29 is 19.0 Å². The van der Waals surface area contributed by atoms with Gasteiger partial charge in [-0.25, -0.2) is 0 Å². The number of aryl methyl sites for hydroxylation is 1. The minimum Gasteiger partial charge on any atom is -0.489 e. The van der Waals surface area contributed by atoms with Crippen molar-refractivity contribution >= 4 is 11.8 Å². The summed E-state index contributed by atoms with van der Waals surface area (Å²) in [5.74, 6) is 1.64. The van der Waals surface area contributed by atoms with Gasteiger partial charge in [0, 0.05) is 12.5 Å². The summed E-state index contributed by atoms with van der Waals surface area (Å²) in [6.45, 7) is 4.06. The van der Waals surface area contributed by atoms with E-state index in [1.165, 1.54) is 11.9 Å². The third-order valence-electron chi connectivity index (χ3n) is 4.87. The Morgan fingerprint density at radius 3 is 2.35 bits per heavy atom. The molecule has 0 aliphatic carbocycles. The van der Waals surface area contributed by atoms with E-state index >= 15 is 0 Å². The van der Waals surface area contributed by atoms with Crippen LogP contribution in [0.2, 0.25) is 0 Å². The van der Waals surface area contributed by atoms with Crippen molar-refractivity contribution in [2.75, 3.05) is 6.61 Å². The summed E-state index contributed by atoms with van der Waals surface area (Å²) in [5.41, 5.74) is 2.92. The van der Waals surface area contributed by atoms with E-state index in [4.69, 9.17) is 14.2 Å². The first-order valence-corrected chi connectivity index (χ1v) is 10.1. The third-order valence-corrected chi connectivity index (χ3v) is 4.87. The number of para-hydroxylation sites is 1. The third kappa shape index (κ3) is 5.04. The smallest absolute Gasteiger partial charge is 0.247 e. The minimum absolute atomic E-state index is 0.142. The summed E-state index contributed by atoms with van der Waals surface area (Å²) in [7, 11) is 0. The lowest BCUT2D eigenvalue weighted by atomic mass is 10.2. The molecule has 0 bridgehead atoms. The van der Waals surface area contributed by atoms with Gasteiger partial charge in [-0.15, -0.1) is 5.10 Å². The van der Waals surface area contributed by atoms with Gasteiger partial charge in [-0.3, -0.25) is 4.79 Å². The summed E-state index contributed by atoms with van der Waals surface area (Å²) >= 11 is 0. The van der Waals surface area contributed by atoms with E-state index in [1.54, 1.807) is 0 Å². The van der Waals surface area contributed by atoms with Gasteiger partial charge < -0.3 is 14.2 Å². The number of ether oxygens (including phenoxy) is 3. The molecule has 6 heteroatoms. The molecule has 0 aromatic heterocycles. The van der Waals surface area contributed by atoms with E-state index in [9.17, 15) is 4.79 Å². The Morgan fingerprint density at radius 1 is 0.935 bits per heavy atom. The number of carbonyl (C=O) groups excluding carboxylic acids is 1. The molecule has 31 heavy (non-hydrogen) atoms. The Balaban J connectivity index is 1.40. The number of carbonyl (C=O) groups is 1. The molecule has 3 aromatic carbocycles. The minimum atomic E-state index is -0.629. The predicted octanol–water partition coefficient (Wildman–Crippen LogP) is 4.84. The molecule has 1 unspecified atom stereocenters. The molecule has 1 aliphatic rings. The zero-order valence-electron chi connectivity index (χ0n) is 17.5. The fourth-order valence-electron chi connectivity index (χ4n) is 3.21. The second-order valence-electron chi connectivity index (χ2n) is 7.23. The van der Waals surface area contributed by atoms with Crippen LogP contribution < -0.4 is 9.47 Å². The van der Waals surface area contributed by atoms with Crippen LogP contribution in [-0.2, 0) is 16.1 Å². The summed E-state index contributed by atoms with van der Waals surface area (Å²) in [5, 5.41) is 5.64. The normalized spacial score (nSPS) is 15.2. The van der Waals surface area contributed by atoms with Gasteiger partial charge >= 0.3 is 0 Å². The number of benzene rings is 3. The van der Waals surface area contributed by atoms with Gasteiger partial charge in [0.05, 0.1) is 0 Å². The maximum Gasteiger partial charge on any atom is 0.247 e. The molecule has 1 aliphatic heterocycles. The monoisotopic (exact) mass is 416 g/mol. The summed E-state index contributed by atoms with van der Waals surface area (Å²) in [6, 6.07) is 25.2. The highest BCUT2D eigenvalue weighted by molar-refractivity contribution is 5.83. The van der Waals surface area contributed by atoms with E-state index in [0.717, 1.165) is 28.2 Å². The molecule has 1 atom stereocenters. The molecule has 158 valence electrons. The topological polar surface area (TPSA) is 60.4 Å². The van der Waals surface area contributed by atoms with Crippen LogP contribution in [0.5, 0.6) is 11.5 Å². The highest BCUT2D eigenvalue weighted by Crippen LogP contribution is 2.30. The van der Waals surface area contributed by atoms with Crippen molar-refractivity contribution in [3.63, 3.8) is 0 Å². The van der Waals surface area contributed by atoms with Crippen molar-refractivity contribution in [3.8, 4) is 11.5 Å². The Hall–Kier alpha value is -3.80. The average molecular weight is 416 g/mol. The van der Waals surface area contributed by atoms with Gasteiger partial charge in [-0.05, 0) is 48.4 Å². The number of rotatable bonds is 7. The molecular weight excluding hydrogens is 392 g/mol. The van der Waals surface area contributed by atoms with Gasteiger partial charge in [0.2, 0.25) is 18.0 Å². The Kier molecular flexibility index (Phi) is 6.17. The Bertz CT molecular complexity index is 1060. The van der Waals surface area contributed by atoms with Crippen LogP contribution in [0.3, 0.4) is 0 Å². The van der Waals surface area contributed by atoms with Gasteiger partial charge in [-0.1, -0.05) is 48.5 Å². The predicted molar refractivity (Wildman–Crippen MR) is 118 cm³/mol. The summed E-state index contributed by atoms with van der Waals surface area (Å²) in [6.07, 6.45) is -0.629. The molecule has 1 amide bonds. The zero-order valence-corrected chi connectivity index (χ0v) is 17.5. The fourth-order valence-corrected chi connectivity index (χ4v) is 3.21. The first-order chi connectivity index (χ1) is 15.1. The molecule has 4 rings (SSSR count). The summed E-state index contributed by atoms with van der Waals surface area (Å²) < 4.78 is 17.6. The van der Waals surface area contributed by atoms with Gasteiger partial charge in [0.15, 0.2) is 6.61 Å². The lowest BCUT2D eigenvalue weighted by Gasteiger charge is -2.19. The maximum atomic E-state index is 12.1. The highest BCUT2D eigenvalue weighted by Gasteiger charge is 2.32. The number of hydrogen-bond acceptors (Lipinski definition) is 5. The second-order valence-corrected chi connectivity index (χ2v) is 7.23. The number of amides is 1. The molecule has 0 radical (unpaired) electrons. The van der Waals surface area contributed by atoms with Crippen molar-refractivity contribution in [2.45, 2.75) is 26.7 Å². The molecule has 3 aromatic rings. The highest BCUT2D eigenvalue weighted by atomic mass is 16.6. The van der Waals surface area contributed by atoms with Crippen LogP contribution in [0.4, 0.5) is 0 Å². The lowest BCUT2D eigenvalue weighted by molar-refractivity contribution is -0.135. The van der Waals surface area contributed by atoms with Gasteiger partial charge in [0.25, 0.3) is 0 Å². The first kappa shape index (κ1) is 20.5. The van der Waals surface area contributed by atoms with Crippen LogP contribution >= 0.6 is 0 Å². The molecule has 0 saturated heterocycles. The van der Waals surface area contributed by atoms with Crippen molar-refractivity contribution in [3.05, 3.63) is 95.6 Å². The molecule has 0 saturated carbocycles. The van der Waals surface area contributed by atoms with Crippen molar-refractivity contribution in [1.29, 1.82) is 0 Å². The zero-order chi connectivity index (χ0) is 21.6. The maximum absolute atomic E-state index is 12.1. The van der Waals surface area contributed by atoms with E-state index < -0.39 is 6.23 Å². The van der Waals surface area contributed by atoms with Crippen LogP contribution in [0.1, 0.15) is 29.8 Å².